The molecule has 0 bridgehead atoms. The van der Waals surface area contributed by atoms with Crippen molar-refractivity contribution < 1.29 is 4.74 Å². The molecule has 0 aliphatic rings. The molecule has 1 aromatic carbocycles. The molecule has 2 rings (SSSR count). The molecule has 3 heteroatoms. The zero-order chi connectivity index (χ0) is 13.8. The highest BCUT2D eigenvalue weighted by Crippen LogP contribution is 2.30. The van der Waals surface area contributed by atoms with Crippen LogP contribution >= 0.6 is 22.6 Å². The zero-order valence-corrected chi connectivity index (χ0v) is 13.7. The maximum Gasteiger partial charge on any atom is 0.139 e. The van der Waals surface area contributed by atoms with Crippen LogP contribution in [0.3, 0.4) is 0 Å². The van der Waals surface area contributed by atoms with E-state index in [1.807, 2.05) is 25.1 Å². The van der Waals surface area contributed by atoms with Crippen LogP contribution < -0.4 is 4.74 Å². The standard InChI is InChI=1S/C16H18INO/c1-4-14-11(2)18-12(3)15(17)16(14)19-10-13-8-6-5-7-9-13/h5-9H,4,10H2,1-3H3. The second kappa shape index (κ2) is 6.37. The van der Waals surface area contributed by atoms with Crippen molar-refractivity contribution in [3.8, 4) is 5.75 Å². The average Bonchev–Trinajstić information content (AvgIpc) is 2.42. The molecule has 0 aliphatic carbocycles. The molecule has 0 radical (unpaired) electrons. The van der Waals surface area contributed by atoms with E-state index in [2.05, 4.69) is 53.6 Å². The van der Waals surface area contributed by atoms with Gasteiger partial charge in [-0.15, -0.1) is 0 Å². The molecule has 0 fully saturated rings. The maximum absolute atomic E-state index is 6.06. The van der Waals surface area contributed by atoms with Crippen LogP contribution in [0.25, 0.3) is 0 Å². The van der Waals surface area contributed by atoms with Gasteiger partial charge in [-0.3, -0.25) is 4.98 Å². The van der Waals surface area contributed by atoms with Crippen LogP contribution in [0.15, 0.2) is 30.3 Å². The van der Waals surface area contributed by atoms with Gasteiger partial charge in [0.05, 0.1) is 9.26 Å². The van der Waals surface area contributed by atoms with Gasteiger partial charge in [0.15, 0.2) is 0 Å². The Morgan fingerprint density at radius 2 is 1.79 bits per heavy atom. The van der Waals surface area contributed by atoms with Crippen molar-refractivity contribution in [3.05, 3.63) is 56.4 Å². The Bertz CT molecular complexity index is 567. The lowest BCUT2D eigenvalue weighted by molar-refractivity contribution is 0.299. The summed E-state index contributed by atoms with van der Waals surface area (Å²) in [4.78, 5) is 4.57. The van der Waals surface area contributed by atoms with E-state index >= 15 is 0 Å². The summed E-state index contributed by atoms with van der Waals surface area (Å²) in [5.41, 5.74) is 4.51. The van der Waals surface area contributed by atoms with Crippen LogP contribution in [0.5, 0.6) is 5.75 Å². The van der Waals surface area contributed by atoms with Gasteiger partial charge < -0.3 is 4.74 Å². The fraction of sp³-hybridized carbons (Fsp3) is 0.312. The second-order valence-electron chi connectivity index (χ2n) is 4.53. The Labute approximate surface area is 128 Å². The van der Waals surface area contributed by atoms with E-state index in [1.54, 1.807) is 0 Å². The van der Waals surface area contributed by atoms with E-state index < -0.39 is 0 Å². The Balaban J connectivity index is 2.29. The van der Waals surface area contributed by atoms with Gasteiger partial charge in [-0.05, 0) is 48.4 Å². The van der Waals surface area contributed by atoms with Crippen LogP contribution in [0.1, 0.15) is 29.4 Å². The van der Waals surface area contributed by atoms with Crippen molar-refractivity contribution >= 4 is 22.6 Å². The van der Waals surface area contributed by atoms with Crippen LogP contribution in [0.4, 0.5) is 0 Å². The van der Waals surface area contributed by atoms with Gasteiger partial charge in [0, 0.05) is 11.3 Å². The molecule has 1 heterocycles. The zero-order valence-electron chi connectivity index (χ0n) is 11.5. The van der Waals surface area contributed by atoms with E-state index in [-0.39, 0.29) is 0 Å². The van der Waals surface area contributed by atoms with Gasteiger partial charge >= 0.3 is 0 Å². The summed E-state index contributed by atoms with van der Waals surface area (Å²) in [6.07, 6.45) is 0.944. The lowest BCUT2D eigenvalue weighted by atomic mass is 10.1. The quantitative estimate of drug-likeness (QED) is 0.746. The second-order valence-corrected chi connectivity index (χ2v) is 5.61. The van der Waals surface area contributed by atoms with Crippen LogP contribution in [-0.2, 0) is 13.0 Å². The summed E-state index contributed by atoms with van der Waals surface area (Å²) in [5.74, 6) is 0.997. The lowest BCUT2D eigenvalue weighted by Gasteiger charge is -2.16. The van der Waals surface area contributed by atoms with Gasteiger partial charge in [-0.2, -0.15) is 0 Å². The SMILES string of the molecule is CCc1c(C)nc(C)c(I)c1OCc1ccccc1. The normalized spacial score (nSPS) is 10.5. The molecule has 0 atom stereocenters. The highest BCUT2D eigenvalue weighted by molar-refractivity contribution is 14.1. The van der Waals surface area contributed by atoms with Gasteiger partial charge in [0.25, 0.3) is 0 Å². The summed E-state index contributed by atoms with van der Waals surface area (Å²) < 4.78 is 7.18. The lowest BCUT2D eigenvalue weighted by Crippen LogP contribution is -2.05. The monoisotopic (exact) mass is 367 g/mol. The number of aromatic nitrogens is 1. The fourth-order valence-electron chi connectivity index (χ4n) is 2.13. The van der Waals surface area contributed by atoms with E-state index in [0.29, 0.717) is 6.61 Å². The number of pyridine rings is 1. The molecule has 100 valence electrons. The summed E-state index contributed by atoms with van der Waals surface area (Å²) in [6, 6.07) is 10.3. The fourth-order valence-corrected chi connectivity index (χ4v) is 2.73. The van der Waals surface area contributed by atoms with E-state index in [4.69, 9.17) is 4.74 Å². The van der Waals surface area contributed by atoms with Gasteiger partial charge in [0.2, 0.25) is 0 Å². The Kier molecular flexibility index (Phi) is 4.80. The first-order valence-electron chi connectivity index (χ1n) is 6.45. The van der Waals surface area contributed by atoms with Gasteiger partial charge in [0.1, 0.15) is 12.4 Å². The van der Waals surface area contributed by atoms with Gasteiger partial charge in [-0.1, -0.05) is 37.3 Å². The minimum absolute atomic E-state index is 0.604. The molecule has 2 nitrogen and oxygen atoms in total. The maximum atomic E-state index is 6.06. The first-order valence-corrected chi connectivity index (χ1v) is 7.53. The minimum atomic E-state index is 0.604. The molecule has 1 aromatic heterocycles. The minimum Gasteiger partial charge on any atom is -0.487 e. The number of hydrogen-bond donors (Lipinski definition) is 0. The highest BCUT2D eigenvalue weighted by Gasteiger charge is 2.14. The summed E-state index contributed by atoms with van der Waals surface area (Å²) in [5, 5.41) is 0. The van der Waals surface area contributed by atoms with Crippen molar-refractivity contribution in [3.63, 3.8) is 0 Å². The van der Waals surface area contributed by atoms with Crippen molar-refractivity contribution in [1.82, 2.24) is 4.98 Å². The number of benzene rings is 1. The van der Waals surface area contributed by atoms with Crippen LogP contribution in [0.2, 0.25) is 0 Å². The van der Waals surface area contributed by atoms with Crippen molar-refractivity contribution in [1.29, 1.82) is 0 Å². The Hall–Kier alpha value is -1.10. The molecule has 0 saturated carbocycles. The molecule has 0 saturated heterocycles. The predicted molar refractivity (Wildman–Crippen MR) is 86.6 cm³/mol. The largest absolute Gasteiger partial charge is 0.487 e. The average molecular weight is 367 g/mol. The number of nitrogens with zero attached hydrogens (tertiary/aromatic N) is 1. The smallest absolute Gasteiger partial charge is 0.139 e. The van der Waals surface area contributed by atoms with E-state index in [1.165, 1.54) is 11.1 Å². The third-order valence-electron chi connectivity index (χ3n) is 3.14. The van der Waals surface area contributed by atoms with Crippen molar-refractivity contribution in [2.24, 2.45) is 0 Å². The number of ether oxygens (including phenoxy) is 1. The molecular formula is C16H18INO. The molecule has 0 unspecified atom stereocenters. The third-order valence-corrected chi connectivity index (χ3v) is 4.41. The van der Waals surface area contributed by atoms with Crippen LogP contribution in [-0.4, -0.2) is 4.98 Å². The van der Waals surface area contributed by atoms with Crippen molar-refractivity contribution in [2.75, 3.05) is 0 Å². The first-order chi connectivity index (χ1) is 9.13. The molecule has 0 aliphatic heterocycles. The van der Waals surface area contributed by atoms with E-state index in [9.17, 15) is 0 Å². The number of aryl methyl sites for hydroxylation is 2. The summed E-state index contributed by atoms with van der Waals surface area (Å²) in [7, 11) is 0. The van der Waals surface area contributed by atoms with Gasteiger partial charge in [-0.25, -0.2) is 0 Å². The first kappa shape index (κ1) is 14.3. The van der Waals surface area contributed by atoms with Crippen molar-refractivity contribution in [2.45, 2.75) is 33.8 Å². The number of halogens is 1. The van der Waals surface area contributed by atoms with Crippen LogP contribution in [0, 0.1) is 17.4 Å². The highest BCUT2D eigenvalue weighted by atomic mass is 127. The molecule has 19 heavy (non-hydrogen) atoms. The number of hydrogen-bond acceptors (Lipinski definition) is 2. The topological polar surface area (TPSA) is 22.1 Å². The van der Waals surface area contributed by atoms with E-state index in [0.717, 1.165) is 27.1 Å². The summed E-state index contributed by atoms with van der Waals surface area (Å²) in [6.45, 7) is 6.83. The molecule has 0 spiro atoms. The third kappa shape index (κ3) is 3.26. The summed E-state index contributed by atoms with van der Waals surface area (Å²) >= 11 is 2.33. The Morgan fingerprint density at radius 3 is 2.42 bits per heavy atom. The molecule has 0 N–H and O–H groups in total. The molecule has 2 aromatic rings. The Morgan fingerprint density at radius 1 is 1.11 bits per heavy atom. The number of rotatable bonds is 4. The predicted octanol–water partition coefficient (Wildman–Crippen LogP) is 4.44. The molecular weight excluding hydrogens is 349 g/mol. The molecule has 0 amide bonds.